The van der Waals surface area contributed by atoms with E-state index >= 15 is 0 Å². The molecule has 10 nitrogen and oxygen atoms in total. The van der Waals surface area contributed by atoms with Crippen LogP contribution in [0.4, 0.5) is 10.5 Å². The SMILES string of the molecule is C[C@@H]1CN(S(=O)(=O)c2ccc(NC(=O)CN3C(=O)N[C@@](C)(c4cccc5ccccc45)C3=O)cc2)C[C@@H](C)O1. The largest absolute Gasteiger partial charge is 0.373 e. The van der Waals surface area contributed by atoms with Crippen LogP contribution in [0.25, 0.3) is 10.8 Å². The van der Waals surface area contributed by atoms with Crippen LogP contribution in [0.15, 0.2) is 71.6 Å². The van der Waals surface area contributed by atoms with Crippen molar-refractivity contribution in [1.82, 2.24) is 14.5 Å². The minimum atomic E-state index is -3.73. The third-order valence-corrected chi connectivity index (χ3v) is 8.91. The van der Waals surface area contributed by atoms with Crippen molar-refractivity contribution in [2.24, 2.45) is 0 Å². The molecule has 5 rings (SSSR count). The maximum Gasteiger partial charge on any atom is 0.325 e. The molecule has 0 spiro atoms. The van der Waals surface area contributed by atoms with Crippen LogP contribution in [0.1, 0.15) is 26.3 Å². The number of benzene rings is 3. The van der Waals surface area contributed by atoms with E-state index in [4.69, 9.17) is 4.74 Å². The van der Waals surface area contributed by atoms with Crippen LogP contribution >= 0.6 is 0 Å². The summed E-state index contributed by atoms with van der Waals surface area (Å²) in [6.07, 6.45) is -0.426. The third kappa shape index (κ3) is 5.00. The van der Waals surface area contributed by atoms with Gasteiger partial charge in [0.2, 0.25) is 15.9 Å². The zero-order valence-corrected chi connectivity index (χ0v) is 22.7. The number of carbonyl (C=O) groups excluding carboxylic acids is 3. The molecule has 3 aromatic rings. The first-order valence-corrected chi connectivity index (χ1v) is 14.1. The molecule has 2 fully saturated rings. The van der Waals surface area contributed by atoms with E-state index in [1.807, 2.05) is 50.2 Å². The van der Waals surface area contributed by atoms with Gasteiger partial charge in [0.15, 0.2) is 0 Å². The van der Waals surface area contributed by atoms with Gasteiger partial charge in [-0.25, -0.2) is 13.2 Å². The molecule has 3 aromatic carbocycles. The van der Waals surface area contributed by atoms with Crippen LogP contribution in [-0.2, 0) is 29.9 Å². The van der Waals surface area contributed by atoms with Crippen molar-refractivity contribution in [3.63, 3.8) is 0 Å². The average Bonchev–Trinajstić information content (AvgIpc) is 3.11. The van der Waals surface area contributed by atoms with Crippen molar-refractivity contribution in [1.29, 1.82) is 0 Å². The van der Waals surface area contributed by atoms with E-state index in [-0.39, 0.29) is 30.2 Å². The monoisotopic (exact) mass is 550 g/mol. The highest BCUT2D eigenvalue weighted by Crippen LogP contribution is 2.34. The fraction of sp³-hybridized carbons (Fsp3) is 0.321. The van der Waals surface area contributed by atoms with E-state index < -0.39 is 40.0 Å². The van der Waals surface area contributed by atoms with E-state index in [0.717, 1.165) is 15.7 Å². The maximum absolute atomic E-state index is 13.4. The van der Waals surface area contributed by atoms with Crippen molar-refractivity contribution in [3.05, 3.63) is 72.3 Å². The van der Waals surface area contributed by atoms with Gasteiger partial charge in [0.1, 0.15) is 12.1 Å². The van der Waals surface area contributed by atoms with Crippen LogP contribution in [-0.4, -0.2) is 67.3 Å². The smallest absolute Gasteiger partial charge is 0.325 e. The van der Waals surface area contributed by atoms with Crippen molar-refractivity contribution in [2.75, 3.05) is 25.0 Å². The summed E-state index contributed by atoms with van der Waals surface area (Å²) in [7, 11) is -3.73. The molecule has 3 atom stereocenters. The molecule has 0 aliphatic carbocycles. The molecule has 0 radical (unpaired) electrons. The molecule has 0 bridgehead atoms. The number of rotatable bonds is 6. The van der Waals surface area contributed by atoms with Crippen molar-refractivity contribution in [2.45, 2.75) is 43.4 Å². The van der Waals surface area contributed by atoms with Crippen LogP contribution < -0.4 is 10.6 Å². The number of nitrogens with zero attached hydrogens (tertiary/aromatic N) is 2. The Bertz CT molecular complexity index is 1540. The number of fused-ring (bicyclic) bond motifs is 1. The van der Waals surface area contributed by atoms with E-state index in [1.54, 1.807) is 13.0 Å². The molecular formula is C28H30N4O6S. The molecular weight excluding hydrogens is 520 g/mol. The lowest BCUT2D eigenvalue weighted by molar-refractivity contribution is -0.133. The molecule has 0 aromatic heterocycles. The molecule has 2 N–H and O–H groups in total. The highest BCUT2D eigenvalue weighted by molar-refractivity contribution is 7.89. The number of imide groups is 1. The Morgan fingerprint density at radius 3 is 2.33 bits per heavy atom. The first-order valence-electron chi connectivity index (χ1n) is 12.7. The minimum absolute atomic E-state index is 0.0988. The van der Waals surface area contributed by atoms with Gasteiger partial charge in [0.05, 0.1) is 17.1 Å². The molecule has 0 saturated carbocycles. The van der Waals surface area contributed by atoms with Gasteiger partial charge in [0.25, 0.3) is 5.91 Å². The van der Waals surface area contributed by atoms with Crippen molar-refractivity contribution < 1.29 is 27.5 Å². The normalized spacial score (nSPS) is 24.1. The van der Waals surface area contributed by atoms with Crippen LogP contribution in [0.2, 0.25) is 0 Å². The van der Waals surface area contributed by atoms with Gasteiger partial charge in [-0.2, -0.15) is 4.31 Å². The number of morpholine rings is 1. The molecule has 2 aliphatic rings. The van der Waals surface area contributed by atoms with Crippen molar-refractivity contribution in [3.8, 4) is 0 Å². The second-order valence-electron chi connectivity index (χ2n) is 10.1. The van der Waals surface area contributed by atoms with E-state index in [9.17, 15) is 22.8 Å². The number of hydrogen-bond donors (Lipinski definition) is 2. The molecule has 4 amide bonds. The van der Waals surface area contributed by atoms with Crippen LogP contribution in [0.5, 0.6) is 0 Å². The van der Waals surface area contributed by atoms with E-state index in [2.05, 4.69) is 10.6 Å². The number of nitrogens with one attached hydrogen (secondary N) is 2. The summed E-state index contributed by atoms with van der Waals surface area (Å²) < 4.78 is 33.2. The summed E-state index contributed by atoms with van der Waals surface area (Å²) in [5.41, 5.74) is -0.350. The first kappa shape index (κ1) is 26.8. The van der Waals surface area contributed by atoms with E-state index in [0.29, 0.717) is 11.3 Å². The lowest BCUT2D eigenvalue weighted by Crippen LogP contribution is -2.48. The Hall–Kier alpha value is -3.80. The molecule has 2 aliphatic heterocycles. The van der Waals surface area contributed by atoms with Gasteiger partial charge >= 0.3 is 6.03 Å². The van der Waals surface area contributed by atoms with Crippen molar-refractivity contribution >= 4 is 44.3 Å². The number of carbonyl (C=O) groups is 3. The predicted molar refractivity (Wildman–Crippen MR) is 145 cm³/mol. The number of hydrogen-bond acceptors (Lipinski definition) is 6. The number of amides is 4. The molecule has 204 valence electrons. The highest BCUT2D eigenvalue weighted by atomic mass is 32.2. The zero-order chi connectivity index (χ0) is 27.9. The molecule has 0 unspecified atom stereocenters. The molecule has 2 heterocycles. The van der Waals surface area contributed by atoms with Crippen LogP contribution in [0, 0.1) is 0 Å². The fourth-order valence-corrected chi connectivity index (χ4v) is 6.81. The summed E-state index contributed by atoms with van der Waals surface area (Å²) >= 11 is 0. The average molecular weight is 551 g/mol. The lowest BCUT2D eigenvalue weighted by atomic mass is 9.88. The Morgan fingerprint density at radius 1 is 1.00 bits per heavy atom. The summed E-state index contributed by atoms with van der Waals surface area (Å²) in [5, 5.41) is 7.14. The quantitative estimate of drug-likeness (QED) is 0.455. The summed E-state index contributed by atoms with van der Waals surface area (Å²) in [6, 6.07) is 18.2. The number of sulfonamides is 1. The van der Waals surface area contributed by atoms with Gasteiger partial charge in [-0.05, 0) is 61.4 Å². The second-order valence-corrected chi connectivity index (χ2v) is 12.1. The van der Waals surface area contributed by atoms with Gasteiger partial charge in [0, 0.05) is 18.8 Å². The minimum Gasteiger partial charge on any atom is -0.373 e. The molecule has 39 heavy (non-hydrogen) atoms. The standard InChI is InChI=1S/C28H30N4O6S/c1-18-15-31(16-19(2)38-18)39(36,37)22-13-11-21(12-14-22)29-25(33)17-32-26(34)28(3,30-27(32)35)24-10-6-8-20-7-4-5-9-23(20)24/h4-14,18-19H,15-17H2,1-3H3,(H,29,33)(H,30,35)/t18-,19-,28+/m1/s1. The predicted octanol–water partition coefficient (Wildman–Crippen LogP) is 3.04. The molecule has 2 saturated heterocycles. The maximum atomic E-state index is 13.4. The Balaban J connectivity index is 1.27. The number of urea groups is 1. The van der Waals surface area contributed by atoms with Gasteiger partial charge in [-0.15, -0.1) is 0 Å². The fourth-order valence-electron chi connectivity index (χ4n) is 5.21. The number of anilines is 1. The lowest BCUT2D eigenvalue weighted by Gasteiger charge is -2.34. The second kappa shape index (κ2) is 10.1. The van der Waals surface area contributed by atoms with Gasteiger partial charge in [-0.1, -0.05) is 42.5 Å². The first-order chi connectivity index (χ1) is 18.5. The van der Waals surface area contributed by atoms with Gasteiger partial charge < -0.3 is 15.4 Å². The topological polar surface area (TPSA) is 125 Å². The van der Waals surface area contributed by atoms with E-state index in [1.165, 1.54) is 28.6 Å². The van der Waals surface area contributed by atoms with Gasteiger partial charge in [-0.3, -0.25) is 14.5 Å². The summed E-state index contributed by atoms with van der Waals surface area (Å²) in [4.78, 5) is 40.0. The molecule has 11 heteroatoms. The third-order valence-electron chi connectivity index (χ3n) is 7.07. The Labute approximate surface area is 227 Å². The zero-order valence-electron chi connectivity index (χ0n) is 21.9. The highest BCUT2D eigenvalue weighted by Gasteiger charge is 2.50. The van der Waals surface area contributed by atoms with Crippen LogP contribution in [0.3, 0.4) is 0 Å². The Kier molecular flexibility index (Phi) is 6.91. The summed E-state index contributed by atoms with van der Waals surface area (Å²) in [6.45, 7) is 5.31. The Morgan fingerprint density at radius 2 is 1.64 bits per heavy atom. The summed E-state index contributed by atoms with van der Waals surface area (Å²) in [5.74, 6) is -1.12. The number of ether oxygens (including phenoxy) is 1.